The molecule has 1 rings (SSSR count). The van der Waals surface area contributed by atoms with Crippen molar-refractivity contribution >= 4 is 35.8 Å². The fraction of sp³-hybridized carbons (Fsp3) is 0.571. The first-order valence-corrected chi connectivity index (χ1v) is 3.04. The van der Waals surface area contributed by atoms with Gasteiger partial charge in [0.05, 0.1) is 0 Å². The molecule has 1 atom stereocenters. The molecule has 0 aromatic carbocycles. The maximum atomic E-state index is 10.1. The topological polar surface area (TPSA) is 17.1 Å². The molecule has 1 aliphatic rings. The van der Waals surface area contributed by atoms with Gasteiger partial charge in [-0.3, -0.25) is 0 Å². The van der Waals surface area contributed by atoms with E-state index in [0.717, 1.165) is 25.5 Å². The predicted octanol–water partition coefficient (Wildman–Crippen LogP) is 0.893. The monoisotopic (exact) mass is 134 g/mol. The van der Waals surface area contributed by atoms with Gasteiger partial charge in [0.2, 0.25) is 0 Å². The van der Waals surface area contributed by atoms with Crippen LogP contribution in [0, 0.1) is 5.92 Å². The number of rotatable bonds is 1. The molecule has 0 bridgehead atoms. The zero-order valence-electron chi connectivity index (χ0n) is 4.84. The average molecular weight is 134 g/mol. The van der Waals surface area contributed by atoms with Crippen molar-refractivity contribution in [3.63, 3.8) is 0 Å². The van der Waals surface area contributed by atoms with Crippen LogP contribution in [0.15, 0.2) is 12.2 Å². The molecule has 2 heteroatoms. The Bertz CT molecular complexity index is 109. The quantitative estimate of drug-likeness (QED) is 0.296. The van der Waals surface area contributed by atoms with Gasteiger partial charge < -0.3 is 4.79 Å². The van der Waals surface area contributed by atoms with Crippen molar-refractivity contribution in [2.45, 2.75) is 19.3 Å². The summed E-state index contributed by atoms with van der Waals surface area (Å²) >= 11 is 0. The van der Waals surface area contributed by atoms with E-state index < -0.39 is 0 Å². The fourth-order valence-corrected chi connectivity index (χ4v) is 0.941. The first-order valence-electron chi connectivity index (χ1n) is 3.04. The molecule has 1 aliphatic carbocycles. The molecule has 1 unspecified atom stereocenters. The molecule has 46 valence electrons. The van der Waals surface area contributed by atoms with Crippen molar-refractivity contribution in [1.29, 1.82) is 0 Å². The average Bonchev–Trinajstić information content (AvgIpc) is 1.90. The molecule has 0 radical (unpaired) electrons. The van der Waals surface area contributed by atoms with Crippen molar-refractivity contribution in [2.24, 2.45) is 5.92 Å². The number of aldehydes is 1. The number of allylic oxidation sites excluding steroid dienone is 2. The van der Waals surface area contributed by atoms with Crippen LogP contribution in [0.25, 0.3) is 0 Å². The number of carbonyl (C=O) groups excluding carboxylic acids is 1. The molecular weight excluding hydrogens is 123 g/mol. The van der Waals surface area contributed by atoms with Crippen molar-refractivity contribution in [2.75, 3.05) is 0 Å². The number of hydrogen-bond acceptors (Lipinski definition) is 1. The van der Waals surface area contributed by atoms with Crippen LogP contribution in [0.4, 0.5) is 0 Å². The van der Waals surface area contributed by atoms with Gasteiger partial charge in [0.1, 0.15) is 6.29 Å². The molecule has 0 saturated heterocycles. The van der Waals surface area contributed by atoms with Crippen molar-refractivity contribution in [3.05, 3.63) is 12.2 Å². The first kappa shape index (κ1) is 9.41. The van der Waals surface area contributed by atoms with Crippen molar-refractivity contribution < 1.29 is 4.79 Å². The standard InChI is InChI=1S/C7H10O.Na.H/c8-6-7-4-2-1-3-5-7;;/h1-2,6-7H,3-5H2;;. The summed E-state index contributed by atoms with van der Waals surface area (Å²) in [6.45, 7) is 0. The third-order valence-electron chi connectivity index (χ3n) is 1.50. The summed E-state index contributed by atoms with van der Waals surface area (Å²) in [7, 11) is 0. The summed E-state index contributed by atoms with van der Waals surface area (Å²) in [5, 5.41) is 0. The summed E-state index contributed by atoms with van der Waals surface area (Å²) in [6.07, 6.45) is 8.39. The Morgan fingerprint density at radius 3 is 2.56 bits per heavy atom. The SMILES string of the molecule is O=CC1CC=CCC1.[NaH]. The summed E-state index contributed by atoms with van der Waals surface area (Å²) in [5.74, 6) is 0.319. The summed E-state index contributed by atoms with van der Waals surface area (Å²) in [6, 6.07) is 0. The molecule has 0 aliphatic heterocycles. The van der Waals surface area contributed by atoms with Crippen molar-refractivity contribution in [3.8, 4) is 0 Å². The van der Waals surface area contributed by atoms with E-state index in [4.69, 9.17) is 0 Å². The van der Waals surface area contributed by atoms with Crippen LogP contribution in [0.2, 0.25) is 0 Å². The van der Waals surface area contributed by atoms with Crippen LogP contribution < -0.4 is 0 Å². The van der Waals surface area contributed by atoms with Gasteiger partial charge in [-0.2, -0.15) is 0 Å². The maximum absolute atomic E-state index is 10.1. The van der Waals surface area contributed by atoms with Gasteiger partial charge in [-0.15, -0.1) is 0 Å². The summed E-state index contributed by atoms with van der Waals surface area (Å²) in [4.78, 5) is 10.1. The van der Waals surface area contributed by atoms with Gasteiger partial charge in [-0.1, -0.05) is 12.2 Å². The van der Waals surface area contributed by atoms with Gasteiger partial charge in [-0.05, 0) is 19.3 Å². The summed E-state index contributed by atoms with van der Waals surface area (Å²) in [5.41, 5.74) is 0. The van der Waals surface area contributed by atoms with Crippen LogP contribution >= 0.6 is 0 Å². The van der Waals surface area contributed by atoms with Gasteiger partial charge in [0, 0.05) is 5.92 Å². The normalized spacial score (nSPS) is 24.7. The molecule has 9 heavy (non-hydrogen) atoms. The number of hydrogen-bond donors (Lipinski definition) is 0. The Morgan fingerprint density at radius 2 is 2.22 bits per heavy atom. The van der Waals surface area contributed by atoms with E-state index >= 15 is 0 Å². The second-order valence-corrected chi connectivity index (χ2v) is 2.18. The molecule has 0 saturated carbocycles. The Balaban J connectivity index is 0.000000640. The van der Waals surface area contributed by atoms with Crippen LogP contribution in [0.5, 0.6) is 0 Å². The second kappa shape index (κ2) is 5.21. The molecule has 0 aromatic heterocycles. The molecule has 0 aromatic rings. The Labute approximate surface area is 77.8 Å². The van der Waals surface area contributed by atoms with Gasteiger partial charge in [-0.25, -0.2) is 0 Å². The van der Waals surface area contributed by atoms with Gasteiger partial charge in [0.15, 0.2) is 0 Å². The van der Waals surface area contributed by atoms with E-state index in [1.807, 2.05) is 0 Å². The van der Waals surface area contributed by atoms with E-state index in [2.05, 4.69) is 12.2 Å². The summed E-state index contributed by atoms with van der Waals surface area (Å²) < 4.78 is 0. The van der Waals surface area contributed by atoms with E-state index in [-0.39, 0.29) is 29.6 Å². The molecule has 0 spiro atoms. The van der Waals surface area contributed by atoms with Gasteiger partial charge >= 0.3 is 29.6 Å². The molecule has 0 heterocycles. The van der Waals surface area contributed by atoms with Crippen molar-refractivity contribution in [1.82, 2.24) is 0 Å². The van der Waals surface area contributed by atoms with E-state index in [1.54, 1.807) is 0 Å². The first-order chi connectivity index (χ1) is 3.93. The Kier molecular flexibility index (Phi) is 5.45. The molecule has 0 fully saturated rings. The molecule has 0 amide bonds. The van der Waals surface area contributed by atoms with Gasteiger partial charge in [0.25, 0.3) is 0 Å². The molecule has 0 N–H and O–H groups in total. The second-order valence-electron chi connectivity index (χ2n) is 2.18. The predicted molar refractivity (Wildman–Crippen MR) is 39.7 cm³/mol. The van der Waals surface area contributed by atoms with Crippen LogP contribution in [0.1, 0.15) is 19.3 Å². The Hall–Kier alpha value is 0.410. The van der Waals surface area contributed by atoms with E-state index in [1.165, 1.54) is 0 Å². The minimum atomic E-state index is 0. The minimum absolute atomic E-state index is 0. The molecule has 1 nitrogen and oxygen atoms in total. The van der Waals surface area contributed by atoms with Crippen LogP contribution in [-0.2, 0) is 4.79 Å². The van der Waals surface area contributed by atoms with E-state index in [9.17, 15) is 4.79 Å². The third-order valence-corrected chi connectivity index (χ3v) is 1.50. The van der Waals surface area contributed by atoms with Crippen LogP contribution in [0.3, 0.4) is 0 Å². The molecular formula is C7H11NaO. The Morgan fingerprint density at radius 1 is 1.44 bits per heavy atom. The third kappa shape index (κ3) is 3.19. The van der Waals surface area contributed by atoms with E-state index in [0.29, 0.717) is 5.92 Å². The zero-order valence-corrected chi connectivity index (χ0v) is 4.84. The number of carbonyl (C=O) groups is 1. The fourth-order valence-electron chi connectivity index (χ4n) is 0.941. The zero-order chi connectivity index (χ0) is 5.82. The van der Waals surface area contributed by atoms with Crippen LogP contribution in [-0.4, -0.2) is 35.8 Å².